The van der Waals surface area contributed by atoms with Gasteiger partial charge in [0.1, 0.15) is 17.2 Å². The molecule has 1 heterocycles. The lowest BCUT2D eigenvalue weighted by Crippen LogP contribution is -2.50. The molecule has 1 unspecified atom stereocenters. The molecule has 1 aromatic heterocycles. The maximum absolute atomic E-state index is 13.4. The van der Waals surface area contributed by atoms with Crippen LogP contribution in [0, 0.1) is 11.8 Å². The molecule has 3 N–H and O–H groups in total. The Balaban J connectivity index is 1.67. The van der Waals surface area contributed by atoms with Crippen LogP contribution in [-0.4, -0.2) is 48.7 Å². The Bertz CT molecular complexity index is 1590. The van der Waals surface area contributed by atoms with Gasteiger partial charge in [0.2, 0.25) is 0 Å². The average Bonchev–Trinajstić information content (AvgIpc) is 3.33. The first-order valence-corrected chi connectivity index (χ1v) is 12.2. The van der Waals surface area contributed by atoms with Crippen molar-refractivity contribution in [1.82, 2.24) is 10.3 Å². The van der Waals surface area contributed by atoms with Gasteiger partial charge in [-0.1, -0.05) is 30.0 Å². The van der Waals surface area contributed by atoms with Gasteiger partial charge in [0, 0.05) is 22.7 Å². The van der Waals surface area contributed by atoms with Crippen LogP contribution in [0.2, 0.25) is 0 Å². The number of carbonyl (C=O) groups is 1. The molecule has 1 amide bonds. The van der Waals surface area contributed by atoms with Crippen LogP contribution in [-0.2, 0) is 6.42 Å². The standard InChI is InChI=1S/C30H27F3N2O5/c1-29(18-36,16-21-17-34-25-7-5-4-6-23(21)25)35-28(37)24-14-19(9-12-27(24)40-30(31,32)33)8-10-20-15-22(38-2)11-13-26(20)39-3/h4-7,9,11-15,17,34,36H,16,18H2,1-3H3,(H,35,37). The van der Waals surface area contributed by atoms with E-state index in [0.717, 1.165) is 22.5 Å². The van der Waals surface area contributed by atoms with Crippen LogP contribution in [0.25, 0.3) is 10.9 Å². The largest absolute Gasteiger partial charge is 0.573 e. The lowest BCUT2D eigenvalue weighted by Gasteiger charge is -2.29. The number of rotatable bonds is 8. The number of benzene rings is 3. The Morgan fingerprint density at radius 1 is 1.00 bits per heavy atom. The number of para-hydroxylation sites is 1. The first kappa shape index (κ1) is 28.4. The SMILES string of the molecule is COc1ccc(OC)c(C#Cc2ccc(OC(F)(F)F)c(C(=O)NC(C)(CO)Cc3c[nH]c4ccccc34)c2)c1. The fourth-order valence-electron chi connectivity index (χ4n) is 4.23. The number of methoxy groups -OCH3 is 2. The quantitative estimate of drug-likeness (QED) is 0.261. The summed E-state index contributed by atoms with van der Waals surface area (Å²) in [6.07, 6.45) is -3.05. The van der Waals surface area contributed by atoms with Crippen LogP contribution in [0.5, 0.6) is 17.2 Å². The highest BCUT2D eigenvalue weighted by Gasteiger charge is 2.34. The number of aromatic nitrogens is 1. The van der Waals surface area contributed by atoms with Crippen LogP contribution in [0.15, 0.2) is 66.9 Å². The molecule has 0 radical (unpaired) electrons. The van der Waals surface area contributed by atoms with E-state index in [1.54, 1.807) is 31.3 Å². The van der Waals surface area contributed by atoms with Crippen molar-refractivity contribution in [2.45, 2.75) is 25.2 Å². The molecule has 0 aliphatic heterocycles. The van der Waals surface area contributed by atoms with Gasteiger partial charge in [-0.3, -0.25) is 4.79 Å². The molecule has 0 spiro atoms. The van der Waals surface area contributed by atoms with Gasteiger partial charge >= 0.3 is 6.36 Å². The predicted molar refractivity (Wildman–Crippen MR) is 144 cm³/mol. The number of halogens is 3. The summed E-state index contributed by atoms with van der Waals surface area (Å²) in [4.78, 5) is 16.5. The molecule has 0 bridgehead atoms. The highest BCUT2D eigenvalue weighted by molar-refractivity contribution is 5.98. The molecule has 10 heteroatoms. The Morgan fingerprint density at radius 2 is 1.75 bits per heavy atom. The minimum Gasteiger partial charge on any atom is -0.497 e. The number of alkyl halides is 3. The van der Waals surface area contributed by atoms with Gasteiger partial charge in [0.05, 0.1) is 37.5 Å². The minimum atomic E-state index is -5.03. The number of aliphatic hydroxyl groups excluding tert-OH is 1. The third-order valence-corrected chi connectivity index (χ3v) is 6.22. The lowest BCUT2D eigenvalue weighted by molar-refractivity contribution is -0.274. The summed E-state index contributed by atoms with van der Waals surface area (Å²) in [6.45, 7) is 1.14. The molecule has 1 atom stereocenters. The van der Waals surface area contributed by atoms with Gasteiger partial charge in [-0.15, -0.1) is 13.2 Å². The molecule has 7 nitrogen and oxygen atoms in total. The van der Waals surface area contributed by atoms with E-state index >= 15 is 0 Å². The van der Waals surface area contributed by atoms with E-state index in [9.17, 15) is 23.1 Å². The molecule has 0 saturated heterocycles. The highest BCUT2D eigenvalue weighted by Crippen LogP contribution is 2.29. The number of hydrogen-bond acceptors (Lipinski definition) is 5. The Hall–Kier alpha value is -4.62. The second-order valence-electron chi connectivity index (χ2n) is 9.28. The monoisotopic (exact) mass is 552 g/mol. The zero-order chi connectivity index (χ0) is 28.9. The molecular weight excluding hydrogens is 525 g/mol. The molecule has 4 aromatic rings. The Kier molecular flexibility index (Phi) is 8.26. The van der Waals surface area contributed by atoms with Gasteiger partial charge in [0.15, 0.2) is 0 Å². The van der Waals surface area contributed by atoms with E-state index in [4.69, 9.17) is 9.47 Å². The minimum absolute atomic E-state index is 0.212. The number of aromatic amines is 1. The number of carbonyl (C=O) groups excluding carboxylic acids is 1. The van der Waals surface area contributed by atoms with Gasteiger partial charge in [-0.25, -0.2) is 0 Å². The number of ether oxygens (including phenoxy) is 3. The van der Waals surface area contributed by atoms with E-state index in [2.05, 4.69) is 26.9 Å². The molecule has 208 valence electrons. The fourth-order valence-corrected chi connectivity index (χ4v) is 4.23. The first-order chi connectivity index (χ1) is 19.0. The van der Waals surface area contributed by atoms with Crippen LogP contribution in [0.1, 0.15) is 34.0 Å². The Labute approximate surface area is 228 Å². The number of fused-ring (bicyclic) bond motifs is 1. The van der Waals surface area contributed by atoms with Crippen LogP contribution in [0.4, 0.5) is 13.2 Å². The maximum Gasteiger partial charge on any atom is 0.573 e. The smallest absolute Gasteiger partial charge is 0.497 e. The van der Waals surface area contributed by atoms with Crippen molar-refractivity contribution in [3.63, 3.8) is 0 Å². The summed E-state index contributed by atoms with van der Waals surface area (Å²) >= 11 is 0. The lowest BCUT2D eigenvalue weighted by atomic mass is 9.92. The third kappa shape index (κ3) is 6.68. The topological polar surface area (TPSA) is 92.8 Å². The Morgan fingerprint density at radius 3 is 2.45 bits per heavy atom. The van der Waals surface area contributed by atoms with Crippen molar-refractivity contribution in [3.8, 4) is 29.1 Å². The van der Waals surface area contributed by atoms with Gasteiger partial charge < -0.3 is 29.6 Å². The highest BCUT2D eigenvalue weighted by atomic mass is 19.4. The van der Waals surface area contributed by atoms with Crippen molar-refractivity contribution in [2.75, 3.05) is 20.8 Å². The summed E-state index contributed by atoms with van der Waals surface area (Å²) < 4.78 is 54.2. The van der Waals surface area contributed by atoms with E-state index < -0.39 is 30.2 Å². The number of H-pyrrole nitrogens is 1. The van der Waals surface area contributed by atoms with Crippen molar-refractivity contribution < 1.29 is 37.3 Å². The number of nitrogens with one attached hydrogen (secondary N) is 2. The van der Waals surface area contributed by atoms with E-state index in [1.165, 1.54) is 26.4 Å². The van der Waals surface area contributed by atoms with Gasteiger partial charge in [0.25, 0.3) is 5.91 Å². The molecule has 40 heavy (non-hydrogen) atoms. The number of hydrogen-bond donors (Lipinski definition) is 3. The average molecular weight is 553 g/mol. The fraction of sp³-hybridized carbons (Fsp3) is 0.233. The van der Waals surface area contributed by atoms with Crippen LogP contribution < -0.4 is 19.5 Å². The molecule has 0 fully saturated rings. The second-order valence-corrected chi connectivity index (χ2v) is 9.28. The zero-order valence-corrected chi connectivity index (χ0v) is 22.0. The van der Waals surface area contributed by atoms with E-state index in [0.29, 0.717) is 17.1 Å². The molecule has 4 rings (SSSR count). The second kappa shape index (κ2) is 11.6. The molecular formula is C30H27F3N2O5. The zero-order valence-electron chi connectivity index (χ0n) is 22.0. The van der Waals surface area contributed by atoms with Gasteiger partial charge in [-0.05, 0) is 61.4 Å². The predicted octanol–water partition coefficient (Wildman–Crippen LogP) is 5.21. The van der Waals surface area contributed by atoms with Crippen molar-refractivity contribution in [3.05, 3.63) is 89.1 Å². The summed E-state index contributed by atoms with van der Waals surface area (Å²) in [7, 11) is 2.98. The number of aliphatic hydroxyl groups is 1. The maximum atomic E-state index is 13.4. The van der Waals surface area contributed by atoms with Gasteiger partial charge in [-0.2, -0.15) is 0 Å². The van der Waals surface area contributed by atoms with Crippen molar-refractivity contribution in [2.24, 2.45) is 0 Å². The third-order valence-electron chi connectivity index (χ3n) is 6.22. The van der Waals surface area contributed by atoms with Crippen molar-refractivity contribution >= 4 is 16.8 Å². The van der Waals surface area contributed by atoms with Crippen LogP contribution >= 0.6 is 0 Å². The van der Waals surface area contributed by atoms with E-state index in [-0.39, 0.29) is 17.5 Å². The molecule has 0 aliphatic carbocycles. The molecule has 0 aliphatic rings. The molecule has 0 saturated carbocycles. The first-order valence-electron chi connectivity index (χ1n) is 12.2. The molecule has 3 aromatic carbocycles. The summed E-state index contributed by atoms with van der Waals surface area (Å²) in [5, 5.41) is 13.8. The summed E-state index contributed by atoms with van der Waals surface area (Å²) in [6, 6.07) is 16.1. The summed E-state index contributed by atoms with van der Waals surface area (Å²) in [5.74, 6) is 5.21. The van der Waals surface area contributed by atoms with E-state index in [1.807, 2.05) is 24.3 Å². The normalized spacial score (nSPS) is 12.7. The number of amides is 1. The van der Waals surface area contributed by atoms with Crippen molar-refractivity contribution in [1.29, 1.82) is 0 Å². The summed E-state index contributed by atoms with van der Waals surface area (Å²) in [5.41, 5.74) is 0.852. The van der Waals surface area contributed by atoms with Crippen LogP contribution in [0.3, 0.4) is 0 Å².